The van der Waals surface area contributed by atoms with Gasteiger partial charge in [0.2, 0.25) is 11.8 Å². The molecule has 1 aliphatic heterocycles. The number of nitrogens with zero attached hydrogens (tertiary/aromatic N) is 1. The zero-order chi connectivity index (χ0) is 24.1. The molecule has 176 valence electrons. The number of benzene rings is 2. The third kappa shape index (κ3) is 5.58. The van der Waals surface area contributed by atoms with E-state index in [9.17, 15) is 14.4 Å². The molecule has 1 fully saturated rings. The molecule has 34 heavy (non-hydrogen) atoms. The Labute approximate surface area is 201 Å². The summed E-state index contributed by atoms with van der Waals surface area (Å²) in [6, 6.07) is 15.6. The Bertz CT molecular complexity index is 1180. The summed E-state index contributed by atoms with van der Waals surface area (Å²) in [5.41, 5.74) is 2.08. The predicted molar refractivity (Wildman–Crippen MR) is 128 cm³/mol. The van der Waals surface area contributed by atoms with E-state index in [4.69, 9.17) is 20.8 Å². The van der Waals surface area contributed by atoms with Gasteiger partial charge in [-0.15, -0.1) is 0 Å². The number of anilines is 2. The van der Waals surface area contributed by atoms with Crippen molar-refractivity contribution in [2.75, 3.05) is 23.4 Å². The van der Waals surface area contributed by atoms with Crippen molar-refractivity contribution >= 4 is 40.7 Å². The molecular formula is C25H24ClN3O5. The van der Waals surface area contributed by atoms with Crippen LogP contribution in [0.4, 0.5) is 11.4 Å². The minimum absolute atomic E-state index is 0.122. The molecule has 1 aliphatic rings. The van der Waals surface area contributed by atoms with E-state index < -0.39 is 5.92 Å². The number of carbonyl (C=O) groups excluding carboxylic acids is 3. The van der Waals surface area contributed by atoms with Crippen LogP contribution < -0.4 is 20.3 Å². The maximum absolute atomic E-state index is 12.5. The average Bonchev–Trinajstić information content (AvgIpc) is 3.49. The molecule has 2 aromatic carbocycles. The molecule has 0 unspecified atom stereocenters. The van der Waals surface area contributed by atoms with Crippen molar-refractivity contribution in [3.05, 3.63) is 77.2 Å². The van der Waals surface area contributed by atoms with Crippen LogP contribution in [0.2, 0.25) is 5.02 Å². The summed E-state index contributed by atoms with van der Waals surface area (Å²) in [5, 5.41) is 6.15. The van der Waals surface area contributed by atoms with E-state index in [1.807, 2.05) is 6.92 Å². The summed E-state index contributed by atoms with van der Waals surface area (Å²) in [7, 11) is 0. The smallest absolute Gasteiger partial charge is 0.262 e. The summed E-state index contributed by atoms with van der Waals surface area (Å²) < 4.78 is 10.8. The highest BCUT2D eigenvalue weighted by Gasteiger charge is 2.35. The first-order valence-corrected chi connectivity index (χ1v) is 11.2. The lowest BCUT2D eigenvalue weighted by atomic mass is 10.1. The Balaban J connectivity index is 1.28. The number of hydrogen-bond acceptors (Lipinski definition) is 5. The summed E-state index contributed by atoms with van der Waals surface area (Å²) in [4.78, 5) is 38.7. The van der Waals surface area contributed by atoms with Gasteiger partial charge in [0.1, 0.15) is 11.5 Å². The summed E-state index contributed by atoms with van der Waals surface area (Å²) in [6.07, 6.45) is 1.69. The van der Waals surface area contributed by atoms with Crippen LogP contribution in [0.25, 0.3) is 0 Å². The molecule has 4 rings (SSSR count). The second kappa shape index (κ2) is 10.4. The van der Waals surface area contributed by atoms with Crippen molar-refractivity contribution in [3.8, 4) is 5.75 Å². The van der Waals surface area contributed by atoms with Crippen LogP contribution in [0, 0.1) is 12.8 Å². The van der Waals surface area contributed by atoms with Crippen LogP contribution in [-0.2, 0) is 20.9 Å². The molecule has 2 N–H and O–H groups in total. The molecular weight excluding hydrogens is 458 g/mol. The van der Waals surface area contributed by atoms with Gasteiger partial charge in [0.15, 0.2) is 6.61 Å². The lowest BCUT2D eigenvalue weighted by Gasteiger charge is -2.17. The zero-order valence-corrected chi connectivity index (χ0v) is 19.3. The molecule has 8 nitrogen and oxygen atoms in total. The van der Waals surface area contributed by atoms with Crippen LogP contribution in [0.3, 0.4) is 0 Å². The molecule has 0 saturated carbocycles. The van der Waals surface area contributed by atoms with Crippen LogP contribution in [0.1, 0.15) is 17.7 Å². The van der Waals surface area contributed by atoms with Crippen LogP contribution in [-0.4, -0.2) is 30.9 Å². The van der Waals surface area contributed by atoms with E-state index in [1.54, 1.807) is 65.8 Å². The van der Waals surface area contributed by atoms with Gasteiger partial charge in [0, 0.05) is 29.4 Å². The van der Waals surface area contributed by atoms with Crippen LogP contribution in [0.5, 0.6) is 5.75 Å². The number of nitrogens with one attached hydrogen (secondary N) is 2. The van der Waals surface area contributed by atoms with Crippen molar-refractivity contribution in [1.82, 2.24) is 5.32 Å². The minimum Gasteiger partial charge on any atom is -0.484 e. The number of amides is 3. The number of ether oxygens (including phenoxy) is 1. The largest absolute Gasteiger partial charge is 0.484 e. The standard InChI is InChI=1S/C25H24ClN3O5/c1-16-21(26)5-2-6-22(16)28-23(30)15-34-19-9-7-18(8-10-19)29-14-17(12-24(29)31)25(32)27-13-20-4-3-11-33-20/h2-11,17H,12-15H2,1H3,(H,27,32)(H,28,30)/t17-/m0/s1. The normalized spacial score (nSPS) is 15.3. The number of rotatable bonds is 8. The monoisotopic (exact) mass is 481 g/mol. The topological polar surface area (TPSA) is 101 Å². The fourth-order valence-electron chi connectivity index (χ4n) is 3.66. The molecule has 2 heterocycles. The molecule has 3 aromatic rings. The van der Waals surface area contributed by atoms with Crippen molar-refractivity contribution in [3.63, 3.8) is 0 Å². The number of carbonyl (C=O) groups is 3. The first kappa shape index (κ1) is 23.4. The molecule has 1 atom stereocenters. The second-order valence-electron chi connectivity index (χ2n) is 7.95. The molecule has 0 bridgehead atoms. The molecule has 1 saturated heterocycles. The third-order valence-corrected chi connectivity index (χ3v) is 5.98. The third-order valence-electron chi connectivity index (χ3n) is 5.57. The first-order chi connectivity index (χ1) is 16.4. The highest BCUT2D eigenvalue weighted by Crippen LogP contribution is 2.27. The van der Waals surface area contributed by atoms with E-state index in [-0.39, 0.29) is 37.3 Å². The Morgan fingerprint density at radius 2 is 1.94 bits per heavy atom. The van der Waals surface area contributed by atoms with Gasteiger partial charge in [-0.25, -0.2) is 0 Å². The number of halogens is 1. The predicted octanol–water partition coefficient (Wildman–Crippen LogP) is 3.93. The molecule has 9 heteroatoms. The Hall–Kier alpha value is -3.78. The Morgan fingerprint density at radius 1 is 1.15 bits per heavy atom. The lowest BCUT2D eigenvalue weighted by molar-refractivity contribution is -0.126. The van der Waals surface area contributed by atoms with E-state index in [2.05, 4.69) is 10.6 Å². The van der Waals surface area contributed by atoms with Crippen molar-refractivity contribution < 1.29 is 23.5 Å². The van der Waals surface area contributed by atoms with Crippen molar-refractivity contribution in [2.45, 2.75) is 19.9 Å². The van der Waals surface area contributed by atoms with Gasteiger partial charge in [0.25, 0.3) is 5.91 Å². The first-order valence-electron chi connectivity index (χ1n) is 10.8. The fourth-order valence-corrected chi connectivity index (χ4v) is 3.84. The van der Waals surface area contributed by atoms with Crippen molar-refractivity contribution in [1.29, 1.82) is 0 Å². The van der Waals surface area contributed by atoms with Gasteiger partial charge in [-0.3, -0.25) is 14.4 Å². The summed E-state index contributed by atoms with van der Waals surface area (Å²) in [6.45, 7) is 2.23. The number of hydrogen-bond donors (Lipinski definition) is 2. The van der Waals surface area contributed by atoms with E-state index in [0.717, 1.165) is 5.56 Å². The average molecular weight is 482 g/mol. The molecule has 1 aromatic heterocycles. The second-order valence-corrected chi connectivity index (χ2v) is 8.35. The molecule has 3 amide bonds. The SMILES string of the molecule is Cc1c(Cl)cccc1NC(=O)COc1ccc(N2C[C@@H](C(=O)NCc3ccco3)CC2=O)cc1. The quantitative estimate of drug-likeness (QED) is 0.507. The Kier molecular flexibility index (Phi) is 7.18. The van der Waals surface area contributed by atoms with Crippen molar-refractivity contribution in [2.24, 2.45) is 5.92 Å². The fraction of sp³-hybridized carbons (Fsp3) is 0.240. The molecule has 0 radical (unpaired) electrons. The molecule has 0 spiro atoms. The van der Waals surface area contributed by atoms with E-state index >= 15 is 0 Å². The van der Waals surface area contributed by atoms with E-state index in [0.29, 0.717) is 34.5 Å². The summed E-state index contributed by atoms with van der Waals surface area (Å²) >= 11 is 6.08. The lowest BCUT2D eigenvalue weighted by Crippen LogP contribution is -2.32. The van der Waals surface area contributed by atoms with E-state index in [1.165, 1.54) is 0 Å². The highest BCUT2D eigenvalue weighted by atomic mass is 35.5. The van der Waals surface area contributed by atoms with Gasteiger partial charge in [-0.05, 0) is 61.0 Å². The van der Waals surface area contributed by atoms with Gasteiger partial charge in [-0.2, -0.15) is 0 Å². The highest BCUT2D eigenvalue weighted by molar-refractivity contribution is 6.31. The van der Waals surface area contributed by atoms with Gasteiger partial charge < -0.3 is 24.7 Å². The van der Waals surface area contributed by atoms with Crippen LogP contribution >= 0.6 is 11.6 Å². The van der Waals surface area contributed by atoms with Gasteiger partial charge in [0.05, 0.1) is 18.7 Å². The maximum atomic E-state index is 12.5. The number of furan rings is 1. The van der Waals surface area contributed by atoms with Gasteiger partial charge >= 0.3 is 0 Å². The molecule has 0 aliphatic carbocycles. The minimum atomic E-state index is -0.433. The van der Waals surface area contributed by atoms with Gasteiger partial charge in [-0.1, -0.05) is 17.7 Å². The summed E-state index contributed by atoms with van der Waals surface area (Å²) in [5.74, 6) is 0.0865. The van der Waals surface area contributed by atoms with Crippen LogP contribution in [0.15, 0.2) is 65.3 Å². The zero-order valence-electron chi connectivity index (χ0n) is 18.5. The Morgan fingerprint density at radius 3 is 2.68 bits per heavy atom. The maximum Gasteiger partial charge on any atom is 0.262 e.